The molecule has 9 rings (SSSR count). The van der Waals surface area contributed by atoms with Crippen LogP contribution in [-0.4, -0.2) is 87.6 Å². The van der Waals surface area contributed by atoms with Crippen LogP contribution in [0.4, 0.5) is 19.0 Å². The zero-order valence-electron chi connectivity index (χ0n) is 24.9. The molecule has 236 valence electrons. The van der Waals surface area contributed by atoms with Gasteiger partial charge in [0.2, 0.25) is 5.88 Å². The average molecular weight is 629 g/mol. The number of phenols is 1. The Morgan fingerprint density at radius 3 is 2.91 bits per heavy atom. The van der Waals surface area contributed by atoms with Crippen LogP contribution in [0.3, 0.4) is 0 Å². The maximum absolute atomic E-state index is 17.0. The smallest absolute Gasteiger partial charge is 0.319 e. The van der Waals surface area contributed by atoms with Crippen LogP contribution in [0.5, 0.6) is 17.6 Å². The Balaban J connectivity index is 1.25. The maximum atomic E-state index is 17.0. The van der Waals surface area contributed by atoms with Gasteiger partial charge in [-0.3, -0.25) is 4.90 Å². The van der Waals surface area contributed by atoms with Crippen LogP contribution in [0.1, 0.15) is 37.7 Å². The lowest BCUT2D eigenvalue weighted by Crippen LogP contribution is -2.60. The monoisotopic (exact) mass is 628 g/mol. The molecule has 2 bridgehead atoms. The number of halogens is 3. The zero-order valence-corrected chi connectivity index (χ0v) is 24.9. The van der Waals surface area contributed by atoms with E-state index in [1.165, 1.54) is 24.3 Å². The number of ether oxygens (including phenoxy) is 2. The number of phenolic OH excluding ortho intramolecular Hbond substituents is 1. The molecule has 2 aromatic heterocycles. The number of alkyl halides is 1. The molecule has 5 aliphatic heterocycles. The lowest BCUT2D eigenvalue weighted by Gasteiger charge is -2.40. The van der Waals surface area contributed by atoms with Crippen molar-refractivity contribution in [1.82, 2.24) is 25.2 Å². The summed E-state index contributed by atoms with van der Waals surface area (Å²) in [7, 11) is 0. The molecule has 5 aliphatic rings. The molecule has 5 atom stereocenters. The van der Waals surface area contributed by atoms with Crippen LogP contribution in [0.15, 0.2) is 24.3 Å². The molecule has 7 heterocycles. The summed E-state index contributed by atoms with van der Waals surface area (Å²) < 4.78 is 59.1. The number of nitrogens with zero attached hydrogens (tertiary/aromatic N) is 5. The Labute approximate surface area is 262 Å². The second-order valence-electron chi connectivity index (χ2n) is 13.2. The Kier molecular flexibility index (Phi) is 6.12. The van der Waals surface area contributed by atoms with Crippen molar-refractivity contribution in [3.05, 3.63) is 41.5 Å². The van der Waals surface area contributed by atoms with E-state index < -0.39 is 23.3 Å². The fraction of sp³-hybridized carbons (Fsp3) is 0.441. The molecule has 4 fully saturated rings. The number of pyridine rings is 1. The normalized spacial score (nSPS) is 28.2. The molecule has 4 aromatic rings. The van der Waals surface area contributed by atoms with Crippen molar-refractivity contribution in [2.75, 3.05) is 37.7 Å². The van der Waals surface area contributed by atoms with Gasteiger partial charge in [0.15, 0.2) is 5.82 Å². The summed E-state index contributed by atoms with van der Waals surface area (Å²) in [5.41, 5.74) is -0.688. The van der Waals surface area contributed by atoms with Crippen LogP contribution in [0.2, 0.25) is 0 Å². The number of aromatic nitrogens is 3. The van der Waals surface area contributed by atoms with E-state index in [0.717, 1.165) is 32.2 Å². The minimum absolute atomic E-state index is 0.0179. The highest BCUT2D eigenvalue weighted by Gasteiger charge is 2.50. The number of benzene rings is 2. The molecule has 0 saturated carbocycles. The third-order valence-electron chi connectivity index (χ3n) is 10.6. The van der Waals surface area contributed by atoms with E-state index >= 15 is 4.39 Å². The molecule has 4 saturated heterocycles. The van der Waals surface area contributed by atoms with Crippen LogP contribution in [-0.2, 0) is 0 Å². The van der Waals surface area contributed by atoms with Gasteiger partial charge >= 0.3 is 6.01 Å². The molecule has 0 spiro atoms. The first-order chi connectivity index (χ1) is 22.3. The van der Waals surface area contributed by atoms with Gasteiger partial charge in [0.1, 0.15) is 53.4 Å². The number of nitrogens with one attached hydrogen (secondary N) is 1. The number of hydrogen-bond acceptors (Lipinski definition) is 9. The average Bonchev–Trinajstić information content (AvgIpc) is 3.68. The van der Waals surface area contributed by atoms with Gasteiger partial charge in [-0.15, -0.1) is 6.42 Å². The number of piperazine rings is 1. The summed E-state index contributed by atoms with van der Waals surface area (Å²) in [6.07, 6.45) is 8.89. The fourth-order valence-electron chi connectivity index (χ4n) is 8.56. The summed E-state index contributed by atoms with van der Waals surface area (Å²) >= 11 is 0. The Hall–Kier alpha value is -4.34. The number of rotatable bonds is 4. The number of anilines is 1. The third kappa shape index (κ3) is 4.07. The van der Waals surface area contributed by atoms with E-state index in [0.29, 0.717) is 36.1 Å². The lowest BCUT2D eigenvalue weighted by atomic mass is 9.95. The van der Waals surface area contributed by atoms with Gasteiger partial charge in [-0.1, -0.05) is 12.0 Å². The standard InChI is InChI=1S/C34H31F3N6O3/c1-2-21-23(36)6-4-17-10-20(44)11-22(26(17)21)29-28(37)30-27-31(43-14-19-5-7-24(38-19)25(43)15-45-32(27)39-29)41-33(40-30)46-16-34-8-3-9-42(34)13-18(35)12-34/h1,4,6,10-11,18-19,24-25,38,44H,3,5,7-9,12-16H2/t18-,19+,24-,25+,34-/m0/s1. The SMILES string of the molecule is C#Cc1c(F)ccc2cc(O)cc(-c3nc4c5c(nc(OC[C@@]67CCCN6C[C@@H](F)C7)nc5c3F)N3C[C@H]5CC[C@H](N5)[C@H]3CO4)c12. The summed E-state index contributed by atoms with van der Waals surface area (Å²) in [6.45, 7) is 2.27. The van der Waals surface area contributed by atoms with Gasteiger partial charge in [-0.25, -0.2) is 18.2 Å². The quantitative estimate of drug-likeness (QED) is 0.318. The van der Waals surface area contributed by atoms with Crippen molar-refractivity contribution in [2.45, 2.75) is 61.9 Å². The van der Waals surface area contributed by atoms with Crippen LogP contribution >= 0.6 is 0 Å². The van der Waals surface area contributed by atoms with Crippen molar-refractivity contribution in [3.63, 3.8) is 0 Å². The number of terminal acetylenes is 1. The third-order valence-corrected chi connectivity index (χ3v) is 10.6. The van der Waals surface area contributed by atoms with E-state index in [-0.39, 0.29) is 76.7 Å². The number of hydrogen-bond donors (Lipinski definition) is 2. The Bertz CT molecular complexity index is 1990. The summed E-state index contributed by atoms with van der Waals surface area (Å²) in [5.74, 6) is 1.35. The van der Waals surface area contributed by atoms with E-state index in [4.69, 9.17) is 20.9 Å². The van der Waals surface area contributed by atoms with Crippen molar-refractivity contribution in [3.8, 4) is 41.2 Å². The predicted octanol–water partition coefficient (Wildman–Crippen LogP) is 4.47. The van der Waals surface area contributed by atoms with Crippen LogP contribution in [0, 0.1) is 24.0 Å². The van der Waals surface area contributed by atoms with Crippen LogP contribution in [0.25, 0.3) is 32.9 Å². The molecule has 2 N–H and O–H groups in total. The van der Waals surface area contributed by atoms with E-state index in [1.807, 2.05) is 0 Å². The van der Waals surface area contributed by atoms with Crippen LogP contribution < -0.4 is 19.7 Å². The maximum Gasteiger partial charge on any atom is 0.319 e. The van der Waals surface area contributed by atoms with Gasteiger partial charge in [-0.05, 0) is 55.8 Å². The lowest BCUT2D eigenvalue weighted by molar-refractivity contribution is 0.107. The highest BCUT2D eigenvalue weighted by Crippen LogP contribution is 2.45. The molecule has 2 aromatic carbocycles. The van der Waals surface area contributed by atoms with Crippen molar-refractivity contribution >= 4 is 27.5 Å². The van der Waals surface area contributed by atoms with Gasteiger partial charge in [0.05, 0.1) is 17.1 Å². The van der Waals surface area contributed by atoms with Crippen molar-refractivity contribution in [1.29, 1.82) is 0 Å². The van der Waals surface area contributed by atoms with Crippen molar-refractivity contribution < 1.29 is 27.8 Å². The molecular formula is C34H31F3N6O3. The van der Waals surface area contributed by atoms with Gasteiger partial charge in [0, 0.05) is 42.5 Å². The van der Waals surface area contributed by atoms with Crippen molar-refractivity contribution in [2.24, 2.45) is 0 Å². The first kappa shape index (κ1) is 27.9. The highest BCUT2D eigenvalue weighted by atomic mass is 19.1. The van der Waals surface area contributed by atoms with E-state index in [9.17, 15) is 13.9 Å². The zero-order chi connectivity index (χ0) is 31.3. The summed E-state index contributed by atoms with van der Waals surface area (Å²) in [4.78, 5) is 18.4. The number of fused-ring (bicyclic) bond motifs is 7. The van der Waals surface area contributed by atoms with Gasteiger partial charge in [-0.2, -0.15) is 9.97 Å². The predicted molar refractivity (Wildman–Crippen MR) is 165 cm³/mol. The van der Waals surface area contributed by atoms with Gasteiger partial charge < -0.3 is 24.8 Å². The first-order valence-electron chi connectivity index (χ1n) is 15.8. The molecule has 0 unspecified atom stereocenters. The Morgan fingerprint density at radius 1 is 1.15 bits per heavy atom. The summed E-state index contributed by atoms with van der Waals surface area (Å²) in [5, 5.41) is 15.3. The molecule has 12 heteroatoms. The molecular weight excluding hydrogens is 597 g/mol. The molecule has 0 radical (unpaired) electrons. The minimum Gasteiger partial charge on any atom is -0.508 e. The minimum atomic E-state index is -0.927. The van der Waals surface area contributed by atoms with E-state index in [2.05, 4.69) is 31.0 Å². The molecule has 0 amide bonds. The second-order valence-corrected chi connectivity index (χ2v) is 13.2. The largest absolute Gasteiger partial charge is 0.508 e. The van der Waals surface area contributed by atoms with Gasteiger partial charge in [0.25, 0.3) is 0 Å². The second kappa shape index (κ2) is 10.1. The molecule has 46 heavy (non-hydrogen) atoms. The number of aromatic hydroxyl groups is 1. The Morgan fingerprint density at radius 2 is 2.04 bits per heavy atom. The summed E-state index contributed by atoms with van der Waals surface area (Å²) in [6, 6.07) is 5.72. The highest BCUT2D eigenvalue weighted by molar-refractivity contribution is 6.04. The molecule has 0 aliphatic carbocycles. The van der Waals surface area contributed by atoms with E-state index in [1.54, 1.807) is 0 Å². The fourth-order valence-corrected chi connectivity index (χ4v) is 8.56. The molecule has 9 nitrogen and oxygen atoms in total. The topological polar surface area (TPSA) is 95.9 Å². The first-order valence-corrected chi connectivity index (χ1v) is 15.8.